The molecular formula is C30H37FN4. The van der Waals surface area contributed by atoms with Crippen molar-refractivity contribution in [2.75, 3.05) is 32.2 Å². The van der Waals surface area contributed by atoms with Crippen LogP contribution in [-0.4, -0.2) is 37.1 Å². The van der Waals surface area contributed by atoms with Gasteiger partial charge in [-0.1, -0.05) is 67.9 Å². The monoisotopic (exact) mass is 472 g/mol. The summed E-state index contributed by atoms with van der Waals surface area (Å²) < 4.78 is 14.1. The minimum absolute atomic E-state index is 0.0134. The Morgan fingerprint density at radius 2 is 1.66 bits per heavy atom. The molecule has 0 saturated carbocycles. The largest absolute Gasteiger partial charge is 0.378 e. The maximum Gasteiger partial charge on any atom is 0.128 e. The van der Waals surface area contributed by atoms with Crippen molar-refractivity contribution in [2.24, 2.45) is 0 Å². The highest BCUT2D eigenvalue weighted by Gasteiger charge is 2.28. The lowest BCUT2D eigenvalue weighted by molar-refractivity contribution is 0.139. The number of hydrogen-bond donors (Lipinski definition) is 1. The summed E-state index contributed by atoms with van der Waals surface area (Å²) in [5.74, 6) is -0.193. The third kappa shape index (κ3) is 6.43. The molecule has 1 heterocycles. The lowest BCUT2D eigenvalue weighted by atomic mass is 9.98. The molecule has 3 aromatic carbocycles. The van der Waals surface area contributed by atoms with Gasteiger partial charge in [0.1, 0.15) is 12.0 Å². The van der Waals surface area contributed by atoms with Crippen LogP contribution in [0.3, 0.4) is 0 Å². The van der Waals surface area contributed by atoms with Crippen molar-refractivity contribution in [2.45, 2.75) is 38.4 Å². The number of hydrogen-bond acceptors (Lipinski definition) is 4. The maximum absolute atomic E-state index is 14.1. The highest BCUT2D eigenvalue weighted by atomic mass is 19.1. The first-order chi connectivity index (χ1) is 17.0. The van der Waals surface area contributed by atoms with Crippen molar-refractivity contribution in [1.82, 2.24) is 15.1 Å². The molecule has 35 heavy (non-hydrogen) atoms. The fourth-order valence-corrected chi connectivity index (χ4v) is 4.63. The molecule has 4 rings (SSSR count). The van der Waals surface area contributed by atoms with Gasteiger partial charge in [-0.25, -0.2) is 4.39 Å². The number of nitrogens with one attached hydrogen (secondary N) is 1. The van der Waals surface area contributed by atoms with Crippen LogP contribution >= 0.6 is 0 Å². The van der Waals surface area contributed by atoms with E-state index in [9.17, 15) is 4.39 Å². The molecule has 0 spiro atoms. The first kappa shape index (κ1) is 24.8. The number of benzene rings is 3. The quantitative estimate of drug-likeness (QED) is 0.353. The highest BCUT2D eigenvalue weighted by molar-refractivity contribution is 5.46. The van der Waals surface area contributed by atoms with Gasteiger partial charge in [-0.3, -0.25) is 5.32 Å². The Labute approximate surface area is 209 Å². The lowest BCUT2D eigenvalue weighted by Gasteiger charge is -2.34. The highest BCUT2D eigenvalue weighted by Crippen LogP contribution is 2.31. The number of nitrogens with zero attached hydrogens (tertiary/aromatic N) is 3. The number of anilines is 1. The molecule has 1 N–H and O–H groups in total. The van der Waals surface area contributed by atoms with Gasteiger partial charge in [-0.05, 0) is 53.8 Å². The second-order valence-electron chi connectivity index (χ2n) is 9.42. The van der Waals surface area contributed by atoms with Gasteiger partial charge in [-0.2, -0.15) is 0 Å². The van der Waals surface area contributed by atoms with E-state index in [2.05, 4.69) is 108 Å². The third-order valence-electron chi connectivity index (χ3n) is 6.61. The second-order valence-corrected chi connectivity index (χ2v) is 9.42. The summed E-state index contributed by atoms with van der Waals surface area (Å²) in [7, 11) is 4.12. The molecule has 2 unspecified atom stereocenters. The van der Waals surface area contributed by atoms with E-state index >= 15 is 0 Å². The van der Waals surface area contributed by atoms with Crippen molar-refractivity contribution < 1.29 is 4.39 Å². The van der Waals surface area contributed by atoms with Crippen molar-refractivity contribution in [3.05, 3.63) is 114 Å². The van der Waals surface area contributed by atoms with Crippen molar-refractivity contribution in [3.8, 4) is 0 Å². The molecule has 0 radical (unpaired) electrons. The van der Waals surface area contributed by atoms with Crippen LogP contribution in [0.5, 0.6) is 0 Å². The van der Waals surface area contributed by atoms with Crippen molar-refractivity contribution >= 4 is 5.69 Å². The zero-order valence-electron chi connectivity index (χ0n) is 21.1. The summed E-state index contributed by atoms with van der Waals surface area (Å²) >= 11 is 0. The molecule has 1 aliphatic rings. The van der Waals surface area contributed by atoms with Crippen LogP contribution in [0.25, 0.3) is 0 Å². The standard InChI is InChI=1S/C30H37FN4/c1-4-5-18-34-19-20-35(30(34)26-12-9-13-27(31)22-26)23-32-29(25-10-7-6-8-11-25)21-24-14-16-28(17-15-24)33(2)3/h6-17,19-20,22,29-30,32H,4-5,18,21,23H2,1-3H3. The van der Waals surface area contributed by atoms with Gasteiger partial charge in [0.15, 0.2) is 0 Å². The average Bonchev–Trinajstić information content (AvgIpc) is 3.28. The molecule has 2 atom stereocenters. The Morgan fingerprint density at radius 3 is 2.34 bits per heavy atom. The van der Waals surface area contributed by atoms with E-state index in [0.717, 1.165) is 31.4 Å². The molecule has 0 bridgehead atoms. The molecule has 0 saturated heterocycles. The van der Waals surface area contributed by atoms with Gasteiger partial charge in [0.05, 0.1) is 6.67 Å². The predicted molar refractivity (Wildman–Crippen MR) is 143 cm³/mol. The van der Waals surface area contributed by atoms with Gasteiger partial charge in [0, 0.05) is 44.8 Å². The first-order valence-electron chi connectivity index (χ1n) is 12.5. The molecule has 0 aliphatic carbocycles. The average molecular weight is 473 g/mol. The zero-order valence-corrected chi connectivity index (χ0v) is 21.1. The van der Waals surface area contributed by atoms with Gasteiger partial charge in [-0.15, -0.1) is 0 Å². The van der Waals surface area contributed by atoms with E-state index in [1.54, 1.807) is 12.1 Å². The Kier molecular flexibility index (Phi) is 8.43. The third-order valence-corrected chi connectivity index (χ3v) is 6.61. The fraction of sp³-hybridized carbons (Fsp3) is 0.333. The molecule has 0 fully saturated rings. The van der Waals surface area contributed by atoms with Gasteiger partial charge in [0.2, 0.25) is 0 Å². The molecule has 3 aromatic rings. The van der Waals surface area contributed by atoms with Crippen molar-refractivity contribution in [1.29, 1.82) is 0 Å². The molecule has 184 valence electrons. The smallest absolute Gasteiger partial charge is 0.128 e. The molecular weight excluding hydrogens is 435 g/mol. The SMILES string of the molecule is CCCCN1C=CN(CNC(Cc2ccc(N(C)C)cc2)c2ccccc2)C1c1cccc(F)c1. The number of rotatable bonds is 11. The summed E-state index contributed by atoms with van der Waals surface area (Å²) in [5.41, 5.74) is 4.73. The van der Waals surface area contributed by atoms with Crippen molar-refractivity contribution in [3.63, 3.8) is 0 Å². The number of unbranched alkanes of at least 4 members (excludes halogenated alkanes) is 1. The van der Waals surface area contributed by atoms with Crippen LogP contribution in [0.4, 0.5) is 10.1 Å². The Morgan fingerprint density at radius 1 is 0.914 bits per heavy atom. The Balaban J connectivity index is 1.52. The normalized spacial score (nSPS) is 16.1. The van der Waals surface area contributed by atoms with E-state index < -0.39 is 0 Å². The van der Waals surface area contributed by atoms with E-state index in [1.807, 2.05) is 6.07 Å². The van der Waals surface area contributed by atoms with Crippen LogP contribution in [0.1, 0.15) is 48.7 Å². The Hall–Kier alpha value is -3.31. The summed E-state index contributed by atoms with van der Waals surface area (Å²) in [6.45, 7) is 3.81. The molecule has 4 nitrogen and oxygen atoms in total. The van der Waals surface area contributed by atoms with Crippen LogP contribution < -0.4 is 10.2 Å². The van der Waals surface area contributed by atoms with Crippen LogP contribution in [0, 0.1) is 5.82 Å². The van der Waals surface area contributed by atoms with Gasteiger partial charge >= 0.3 is 0 Å². The van der Waals surface area contributed by atoms with E-state index in [4.69, 9.17) is 0 Å². The van der Waals surface area contributed by atoms with E-state index in [0.29, 0.717) is 6.67 Å². The van der Waals surface area contributed by atoms with E-state index in [1.165, 1.54) is 22.9 Å². The first-order valence-corrected chi connectivity index (χ1v) is 12.5. The molecule has 5 heteroatoms. The van der Waals surface area contributed by atoms with Crippen LogP contribution in [-0.2, 0) is 6.42 Å². The molecule has 1 aliphatic heterocycles. The van der Waals surface area contributed by atoms with Crippen LogP contribution in [0.2, 0.25) is 0 Å². The maximum atomic E-state index is 14.1. The summed E-state index contributed by atoms with van der Waals surface area (Å²) in [5, 5.41) is 3.80. The lowest BCUT2D eigenvalue weighted by Crippen LogP contribution is -2.38. The fourth-order valence-electron chi connectivity index (χ4n) is 4.63. The zero-order chi connectivity index (χ0) is 24.6. The van der Waals surface area contributed by atoms with E-state index in [-0.39, 0.29) is 18.0 Å². The second kappa shape index (κ2) is 11.9. The summed E-state index contributed by atoms with van der Waals surface area (Å²) in [6.07, 6.45) is 7.38. The van der Waals surface area contributed by atoms with Crippen LogP contribution in [0.15, 0.2) is 91.3 Å². The summed E-state index contributed by atoms with van der Waals surface area (Å²) in [4.78, 5) is 6.71. The molecule has 0 amide bonds. The predicted octanol–water partition coefficient (Wildman–Crippen LogP) is 6.31. The number of halogens is 1. The Bertz CT molecular complexity index is 1080. The minimum atomic E-state index is -0.193. The van der Waals surface area contributed by atoms with Gasteiger partial charge < -0.3 is 14.7 Å². The topological polar surface area (TPSA) is 21.8 Å². The molecule has 0 aromatic heterocycles. The minimum Gasteiger partial charge on any atom is -0.378 e. The van der Waals surface area contributed by atoms with Gasteiger partial charge in [0.25, 0.3) is 0 Å². The summed E-state index contributed by atoms with van der Waals surface area (Å²) in [6, 6.07) is 26.5.